The quantitative estimate of drug-likeness (QED) is 0.142. The van der Waals surface area contributed by atoms with Crippen molar-refractivity contribution in [2.75, 3.05) is 27.7 Å². The number of aliphatic carboxylic acids is 1. The van der Waals surface area contributed by atoms with Crippen molar-refractivity contribution >= 4 is 11.9 Å². The minimum Gasteiger partial charge on any atom is -0.481 e. The molecule has 6 nitrogen and oxygen atoms in total. The van der Waals surface area contributed by atoms with Gasteiger partial charge in [0.2, 0.25) is 0 Å². The van der Waals surface area contributed by atoms with Gasteiger partial charge in [-0.3, -0.25) is 9.59 Å². The van der Waals surface area contributed by atoms with E-state index in [1.54, 1.807) is 0 Å². The summed E-state index contributed by atoms with van der Waals surface area (Å²) in [5, 5.41) is 19.1. The number of carboxylic acid groups (broad SMARTS) is 1. The molecule has 0 aliphatic heterocycles. The first-order chi connectivity index (χ1) is 14.6. The molecule has 184 valence electrons. The van der Waals surface area contributed by atoms with Gasteiger partial charge in [0.25, 0.3) is 0 Å². The predicted molar refractivity (Wildman–Crippen MR) is 126 cm³/mol. The van der Waals surface area contributed by atoms with Gasteiger partial charge in [-0.2, -0.15) is 0 Å². The zero-order valence-electron chi connectivity index (χ0n) is 20.7. The zero-order valence-corrected chi connectivity index (χ0v) is 20.7. The standard InChI is InChI=1S/C25H49NO5/c1-5-6-7-8-9-10-11-14-17-22(27)18-15-12-13-16-19-25(30)31-23(20-24(28)29)21-26(2,3)4/h22-23,27H,5-21H2,1-4H3/p+1. The number of hydrogen-bond donors (Lipinski definition) is 2. The molecule has 2 atom stereocenters. The third-order valence-corrected chi connectivity index (χ3v) is 5.51. The fraction of sp³-hybridized carbons (Fsp3) is 0.920. The summed E-state index contributed by atoms with van der Waals surface area (Å²) in [6.07, 6.45) is 15.1. The number of carbonyl (C=O) groups excluding carboxylic acids is 1. The van der Waals surface area contributed by atoms with Gasteiger partial charge in [0.05, 0.1) is 33.7 Å². The lowest BCUT2D eigenvalue weighted by Gasteiger charge is -2.28. The number of carboxylic acids is 1. The van der Waals surface area contributed by atoms with E-state index >= 15 is 0 Å². The molecule has 0 aromatic carbocycles. The normalized spacial score (nSPS) is 13.7. The molecule has 6 heteroatoms. The van der Waals surface area contributed by atoms with Gasteiger partial charge < -0.3 is 19.4 Å². The molecule has 0 aromatic heterocycles. The number of ether oxygens (including phenoxy) is 1. The van der Waals surface area contributed by atoms with E-state index in [2.05, 4.69) is 6.92 Å². The number of aliphatic hydroxyl groups is 1. The molecule has 0 aliphatic carbocycles. The van der Waals surface area contributed by atoms with Gasteiger partial charge in [-0.1, -0.05) is 77.6 Å². The molecule has 0 amide bonds. The first kappa shape index (κ1) is 29.9. The number of rotatable bonds is 21. The summed E-state index contributed by atoms with van der Waals surface area (Å²) in [7, 11) is 5.85. The minimum absolute atomic E-state index is 0.155. The van der Waals surface area contributed by atoms with E-state index in [-0.39, 0.29) is 18.5 Å². The molecule has 2 N–H and O–H groups in total. The van der Waals surface area contributed by atoms with E-state index in [0.717, 1.165) is 44.9 Å². The molecule has 0 radical (unpaired) electrons. The monoisotopic (exact) mass is 444 g/mol. The Morgan fingerprint density at radius 1 is 0.806 bits per heavy atom. The molecule has 0 heterocycles. The van der Waals surface area contributed by atoms with E-state index in [4.69, 9.17) is 9.84 Å². The van der Waals surface area contributed by atoms with Gasteiger partial charge in [-0.05, 0) is 19.3 Å². The van der Waals surface area contributed by atoms with Crippen LogP contribution in [0.3, 0.4) is 0 Å². The van der Waals surface area contributed by atoms with Crippen molar-refractivity contribution in [1.29, 1.82) is 0 Å². The molecule has 0 saturated carbocycles. The highest BCUT2D eigenvalue weighted by Crippen LogP contribution is 2.15. The lowest BCUT2D eigenvalue weighted by molar-refractivity contribution is -0.873. The topological polar surface area (TPSA) is 83.8 Å². The third-order valence-electron chi connectivity index (χ3n) is 5.51. The largest absolute Gasteiger partial charge is 0.481 e. The smallest absolute Gasteiger partial charge is 0.307 e. The Morgan fingerprint density at radius 3 is 1.77 bits per heavy atom. The molecule has 0 spiro atoms. The number of likely N-dealkylation sites (N-methyl/N-ethyl adjacent to an activating group) is 1. The maximum Gasteiger partial charge on any atom is 0.307 e. The lowest BCUT2D eigenvalue weighted by Crippen LogP contribution is -2.43. The van der Waals surface area contributed by atoms with Gasteiger partial charge >= 0.3 is 11.9 Å². The van der Waals surface area contributed by atoms with Crippen LogP contribution < -0.4 is 0 Å². The Morgan fingerprint density at radius 2 is 1.29 bits per heavy atom. The van der Waals surface area contributed by atoms with Gasteiger partial charge in [0, 0.05) is 6.42 Å². The summed E-state index contributed by atoms with van der Waals surface area (Å²) in [6.45, 7) is 2.72. The van der Waals surface area contributed by atoms with Crippen LogP contribution in [-0.4, -0.2) is 66.5 Å². The molecule has 0 fully saturated rings. The van der Waals surface area contributed by atoms with E-state index in [1.165, 1.54) is 44.9 Å². The number of nitrogens with zero attached hydrogens (tertiary/aromatic N) is 1. The highest BCUT2D eigenvalue weighted by Gasteiger charge is 2.24. The Labute approximate surface area is 190 Å². The molecule has 0 aromatic rings. The SMILES string of the molecule is CCCCCCCCCCC(O)CCCCCCC(=O)OC(CC(=O)O)C[N+](C)(C)C. The number of quaternary nitrogens is 1. The molecule has 2 unspecified atom stereocenters. The Bertz CT molecular complexity index is 461. The van der Waals surface area contributed by atoms with Crippen LogP contribution in [0.5, 0.6) is 0 Å². The fourth-order valence-electron chi connectivity index (χ4n) is 3.86. The van der Waals surface area contributed by atoms with Crippen molar-refractivity contribution in [3.05, 3.63) is 0 Å². The van der Waals surface area contributed by atoms with Gasteiger partial charge in [0.15, 0.2) is 6.10 Å². The van der Waals surface area contributed by atoms with Crippen LogP contribution in [0.4, 0.5) is 0 Å². The average molecular weight is 445 g/mol. The second kappa shape index (κ2) is 18.4. The Hall–Kier alpha value is -1.14. The van der Waals surface area contributed by atoms with Crippen LogP contribution in [0.1, 0.15) is 110 Å². The van der Waals surface area contributed by atoms with Crippen LogP contribution in [0.2, 0.25) is 0 Å². The van der Waals surface area contributed by atoms with E-state index < -0.39 is 12.1 Å². The minimum atomic E-state index is -0.947. The van der Waals surface area contributed by atoms with Crippen LogP contribution in [-0.2, 0) is 14.3 Å². The molecule has 0 rings (SSSR count). The molecule has 31 heavy (non-hydrogen) atoms. The summed E-state index contributed by atoms with van der Waals surface area (Å²) in [6, 6.07) is 0. The average Bonchev–Trinajstić information content (AvgIpc) is 2.64. The van der Waals surface area contributed by atoms with E-state index in [0.29, 0.717) is 17.4 Å². The fourth-order valence-corrected chi connectivity index (χ4v) is 3.86. The lowest BCUT2D eigenvalue weighted by atomic mass is 10.0. The van der Waals surface area contributed by atoms with Crippen molar-refractivity contribution < 1.29 is 29.0 Å². The van der Waals surface area contributed by atoms with Crippen molar-refractivity contribution in [1.82, 2.24) is 0 Å². The predicted octanol–water partition coefficient (Wildman–Crippen LogP) is 5.31. The van der Waals surface area contributed by atoms with Crippen LogP contribution in [0, 0.1) is 0 Å². The molecule has 0 aliphatic rings. The number of hydrogen-bond acceptors (Lipinski definition) is 4. The Kier molecular flexibility index (Phi) is 17.8. The van der Waals surface area contributed by atoms with Crippen LogP contribution >= 0.6 is 0 Å². The summed E-state index contributed by atoms with van der Waals surface area (Å²) < 4.78 is 5.95. The van der Waals surface area contributed by atoms with Crippen LogP contribution in [0.15, 0.2) is 0 Å². The van der Waals surface area contributed by atoms with Crippen molar-refractivity contribution in [2.24, 2.45) is 0 Å². The Balaban J connectivity index is 3.70. The maximum absolute atomic E-state index is 12.0. The van der Waals surface area contributed by atoms with Crippen molar-refractivity contribution in [3.8, 4) is 0 Å². The number of aliphatic hydroxyl groups excluding tert-OH is 1. The first-order valence-electron chi connectivity index (χ1n) is 12.5. The van der Waals surface area contributed by atoms with E-state index in [9.17, 15) is 14.7 Å². The van der Waals surface area contributed by atoms with Crippen molar-refractivity contribution in [2.45, 2.75) is 122 Å². The number of esters is 1. The maximum atomic E-state index is 12.0. The van der Waals surface area contributed by atoms with Gasteiger partial charge in [0.1, 0.15) is 6.54 Å². The van der Waals surface area contributed by atoms with Gasteiger partial charge in [-0.15, -0.1) is 0 Å². The number of carbonyl (C=O) groups is 2. The summed E-state index contributed by atoms with van der Waals surface area (Å²) in [4.78, 5) is 23.0. The molecular weight excluding hydrogens is 394 g/mol. The number of unbranched alkanes of at least 4 members (excludes halogenated alkanes) is 10. The molecular formula is C25H50NO5+. The highest BCUT2D eigenvalue weighted by molar-refractivity contribution is 5.71. The van der Waals surface area contributed by atoms with Crippen molar-refractivity contribution in [3.63, 3.8) is 0 Å². The first-order valence-corrected chi connectivity index (χ1v) is 12.5. The highest BCUT2D eigenvalue weighted by atomic mass is 16.5. The molecule has 0 bridgehead atoms. The van der Waals surface area contributed by atoms with Crippen LogP contribution in [0.25, 0.3) is 0 Å². The summed E-state index contributed by atoms with van der Waals surface area (Å²) in [5.41, 5.74) is 0. The second-order valence-electron chi connectivity index (χ2n) is 10.1. The summed E-state index contributed by atoms with van der Waals surface area (Å²) >= 11 is 0. The van der Waals surface area contributed by atoms with E-state index in [1.807, 2.05) is 21.1 Å². The zero-order chi connectivity index (χ0) is 23.5. The summed E-state index contributed by atoms with van der Waals surface area (Å²) in [5.74, 6) is -1.26. The second-order valence-corrected chi connectivity index (χ2v) is 10.1. The van der Waals surface area contributed by atoms with Gasteiger partial charge in [-0.25, -0.2) is 0 Å². The molecule has 0 saturated heterocycles. The third kappa shape index (κ3) is 21.9.